The molecule has 1 aromatic carbocycles. The van der Waals surface area contributed by atoms with E-state index >= 15 is 0 Å². The Kier molecular flexibility index (Phi) is 2.01. The maximum absolute atomic E-state index is 9.54. The molecule has 0 bridgehead atoms. The lowest BCUT2D eigenvalue weighted by Gasteiger charge is -2.46. The van der Waals surface area contributed by atoms with Crippen molar-refractivity contribution in [2.45, 2.75) is 25.2 Å². The zero-order chi connectivity index (χ0) is 13.1. The molecule has 3 aliphatic rings. The highest BCUT2D eigenvalue weighted by molar-refractivity contribution is 5.53. The summed E-state index contributed by atoms with van der Waals surface area (Å²) < 4.78 is 16.4. The molecule has 0 spiro atoms. The summed E-state index contributed by atoms with van der Waals surface area (Å²) in [5.74, 6) is 1.60. The highest BCUT2D eigenvalue weighted by atomic mass is 16.7. The third-order valence-electron chi connectivity index (χ3n) is 4.81. The van der Waals surface area contributed by atoms with E-state index in [1.54, 1.807) is 0 Å². The second-order valence-electron chi connectivity index (χ2n) is 5.79. The molecular formula is C15H15NO3. The number of nitrogens with zero attached hydrogens (tertiary/aromatic N) is 1. The van der Waals surface area contributed by atoms with Crippen LogP contribution in [0, 0.1) is 23.7 Å². The highest BCUT2D eigenvalue weighted by Gasteiger charge is 2.65. The van der Waals surface area contributed by atoms with E-state index in [0.717, 1.165) is 29.9 Å². The largest absolute Gasteiger partial charge is 0.454 e. The minimum Gasteiger partial charge on any atom is -0.454 e. The summed E-state index contributed by atoms with van der Waals surface area (Å²) in [6.07, 6.45) is 1.95. The minimum absolute atomic E-state index is 0.146. The Balaban J connectivity index is 1.86. The van der Waals surface area contributed by atoms with E-state index in [0.29, 0.717) is 13.2 Å². The van der Waals surface area contributed by atoms with Crippen LogP contribution in [0.15, 0.2) is 12.1 Å². The van der Waals surface area contributed by atoms with Gasteiger partial charge in [0.2, 0.25) is 6.79 Å². The molecule has 0 amide bonds. The van der Waals surface area contributed by atoms with Gasteiger partial charge in [0, 0.05) is 0 Å². The van der Waals surface area contributed by atoms with Crippen LogP contribution >= 0.6 is 0 Å². The number of hydrogen-bond acceptors (Lipinski definition) is 4. The first-order valence-corrected chi connectivity index (χ1v) is 6.61. The summed E-state index contributed by atoms with van der Waals surface area (Å²) in [7, 11) is 0. The maximum atomic E-state index is 9.54. The van der Waals surface area contributed by atoms with Crippen molar-refractivity contribution in [1.29, 1.82) is 5.26 Å². The Morgan fingerprint density at radius 1 is 1.16 bits per heavy atom. The summed E-state index contributed by atoms with van der Waals surface area (Å²) in [6, 6.07) is 6.61. The standard InChI is InChI=1S/C15H15NO3/c1-10-4-12-13(19-9-18-12)5-11(10)15(7-17-8-15)14(6-16)2-3-14/h4-5H,2-3,7-9H2,1H3. The Morgan fingerprint density at radius 2 is 1.84 bits per heavy atom. The average molecular weight is 257 g/mol. The normalized spacial score (nSPS) is 24.4. The number of ether oxygens (including phenoxy) is 3. The van der Waals surface area contributed by atoms with Crippen LogP contribution in [0.5, 0.6) is 11.5 Å². The molecule has 2 fully saturated rings. The quantitative estimate of drug-likeness (QED) is 0.815. The first kappa shape index (κ1) is 11.1. The van der Waals surface area contributed by atoms with Crippen molar-refractivity contribution >= 4 is 0 Å². The Morgan fingerprint density at radius 3 is 2.37 bits per heavy atom. The van der Waals surface area contributed by atoms with E-state index in [9.17, 15) is 5.26 Å². The topological polar surface area (TPSA) is 51.5 Å². The third kappa shape index (κ3) is 1.26. The van der Waals surface area contributed by atoms with Crippen LogP contribution in [0.4, 0.5) is 0 Å². The lowest BCUT2D eigenvalue weighted by atomic mass is 9.65. The van der Waals surface area contributed by atoms with Crippen molar-refractivity contribution in [2.24, 2.45) is 5.41 Å². The van der Waals surface area contributed by atoms with E-state index in [1.807, 2.05) is 6.07 Å². The van der Waals surface area contributed by atoms with Crippen LogP contribution in [0.2, 0.25) is 0 Å². The van der Waals surface area contributed by atoms with Crippen LogP contribution in [-0.4, -0.2) is 20.0 Å². The van der Waals surface area contributed by atoms with Crippen molar-refractivity contribution in [1.82, 2.24) is 0 Å². The smallest absolute Gasteiger partial charge is 0.231 e. The van der Waals surface area contributed by atoms with Gasteiger partial charge in [-0.1, -0.05) is 0 Å². The van der Waals surface area contributed by atoms with E-state index in [1.165, 1.54) is 5.56 Å². The number of nitriles is 1. The molecule has 1 aromatic rings. The maximum Gasteiger partial charge on any atom is 0.231 e. The summed E-state index contributed by atoms with van der Waals surface area (Å²) in [6.45, 7) is 3.64. The van der Waals surface area contributed by atoms with Gasteiger partial charge in [-0.3, -0.25) is 0 Å². The fourth-order valence-corrected chi connectivity index (χ4v) is 3.38. The van der Waals surface area contributed by atoms with Gasteiger partial charge in [-0.15, -0.1) is 0 Å². The number of rotatable bonds is 2. The van der Waals surface area contributed by atoms with Crippen LogP contribution in [-0.2, 0) is 10.2 Å². The van der Waals surface area contributed by atoms with Gasteiger partial charge in [-0.05, 0) is 43.0 Å². The average Bonchev–Trinajstić information content (AvgIpc) is 3.01. The molecule has 4 heteroatoms. The van der Waals surface area contributed by atoms with Crippen LogP contribution in [0.1, 0.15) is 24.0 Å². The van der Waals surface area contributed by atoms with Gasteiger partial charge in [0.25, 0.3) is 0 Å². The van der Waals surface area contributed by atoms with Crippen LogP contribution < -0.4 is 9.47 Å². The third-order valence-corrected chi connectivity index (χ3v) is 4.81. The molecule has 4 rings (SSSR count). The van der Waals surface area contributed by atoms with Crippen LogP contribution in [0.25, 0.3) is 0 Å². The molecule has 98 valence electrons. The second kappa shape index (κ2) is 3.43. The first-order valence-electron chi connectivity index (χ1n) is 6.61. The SMILES string of the molecule is Cc1cc2c(cc1C1(C3(C#N)CC3)COC1)OCO2. The molecule has 0 radical (unpaired) electrons. The number of benzene rings is 1. The number of hydrogen-bond donors (Lipinski definition) is 0. The molecule has 1 saturated heterocycles. The van der Waals surface area contributed by atoms with Gasteiger partial charge in [-0.2, -0.15) is 5.26 Å². The van der Waals surface area contributed by atoms with E-state index in [-0.39, 0.29) is 17.6 Å². The Bertz CT molecular complexity index is 594. The summed E-state index contributed by atoms with van der Waals surface area (Å²) in [5.41, 5.74) is 1.98. The van der Waals surface area contributed by atoms with Crippen molar-refractivity contribution in [3.63, 3.8) is 0 Å². The van der Waals surface area contributed by atoms with E-state index in [4.69, 9.17) is 14.2 Å². The van der Waals surface area contributed by atoms with E-state index < -0.39 is 0 Å². The molecule has 0 N–H and O–H groups in total. The molecule has 19 heavy (non-hydrogen) atoms. The van der Waals surface area contributed by atoms with Crippen LogP contribution in [0.3, 0.4) is 0 Å². The zero-order valence-corrected chi connectivity index (χ0v) is 10.9. The summed E-state index contributed by atoms with van der Waals surface area (Å²) in [4.78, 5) is 0. The van der Waals surface area contributed by atoms with E-state index in [2.05, 4.69) is 19.1 Å². The molecular weight excluding hydrogens is 242 g/mol. The number of aryl methyl sites for hydroxylation is 1. The van der Waals surface area contributed by atoms with Crippen molar-refractivity contribution in [3.8, 4) is 17.6 Å². The second-order valence-corrected chi connectivity index (χ2v) is 5.79. The fraction of sp³-hybridized carbons (Fsp3) is 0.533. The highest BCUT2D eigenvalue weighted by Crippen LogP contribution is 2.63. The Hall–Kier alpha value is -1.73. The summed E-state index contributed by atoms with van der Waals surface area (Å²) >= 11 is 0. The lowest BCUT2D eigenvalue weighted by Crippen LogP contribution is -2.53. The molecule has 1 aliphatic carbocycles. The first-order chi connectivity index (χ1) is 9.21. The van der Waals surface area contributed by atoms with Gasteiger partial charge in [0.1, 0.15) is 0 Å². The van der Waals surface area contributed by atoms with Crippen molar-refractivity contribution in [2.75, 3.05) is 20.0 Å². The lowest BCUT2D eigenvalue weighted by molar-refractivity contribution is -0.0870. The molecule has 0 unspecified atom stereocenters. The molecule has 1 saturated carbocycles. The molecule has 2 aliphatic heterocycles. The minimum atomic E-state index is -0.232. The monoisotopic (exact) mass is 257 g/mol. The molecule has 0 atom stereocenters. The summed E-state index contributed by atoms with van der Waals surface area (Å²) in [5, 5.41) is 9.54. The number of fused-ring (bicyclic) bond motifs is 1. The van der Waals surface area contributed by atoms with Gasteiger partial charge >= 0.3 is 0 Å². The fourth-order valence-electron chi connectivity index (χ4n) is 3.38. The zero-order valence-electron chi connectivity index (χ0n) is 10.9. The van der Waals surface area contributed by atoms with Gasteiger partial charge in [0.15, 0.2) is 11.5 Å². The predicted molar refractivity (Wildman–Crippen MR) is 67.1 cm³/mol. The Labute approximate surface area is 111 Å². The van der Waals surface area contributed by atoms with Gasteiger partial charge < -0.3 is 14.2 Å². The molecule has 0 aromatic heterocycles. The molecule has 2 heterocycles. The van der Waals surface area contributed by atoms with Crippen molar-refractivity contribution < 1.29 is 14.2 Å². The van der Waals surface area contributed by atoms with Gasteiger partial charge in [-0.25, -0.2) is 0 Å². The molecule has 4 nitrogen and oxygen atoms in total. The predicted octanol–water partition coefficient (Wildman–Crippen LogP) is 2.30. The van der Waals surface area contributed by atoms with Gasteiger partial charge in [0.05, 0.1) is 30.1 Å². The van der Waals surface area contributed by atoms with Crippen molar-refractivity contribution in [3.05, 3.63) is 23.3 Å².